The van der Waals surface area contributed by atoms with Gasteiger partial charge in [-0.1, -0.05) is 6.92 Å². The second-order valence-electron chi connectivity index (χ2n) is 6.43. The summed E-state index contributed by atoms with van der Waals surface area (Å²) in [7, 11) is 2.22. The summed E-state index contributed by atoms with van der Waals surface area (Å²) in [6, 6.07) is 2.80. The summed E-state index contributed by atoms with van der Waals surface area (Å²) < 4.78 is 6.06. The molecule has 1 N–H and O–H groups in total. The van der Waals surface area contributed by atoms with Crippen molar-refractivity contribution in [2.45, 2.75) is 52.7 Å². The molecule has 4 nitrogen and oxygen atoms in total. The quantitative estimate of drug-likeness (QED) is 0.817. The van der Waals surface area contributed by atoms with E-state index in [0.717, 1.165) is 50.7 Å². The first-order chi connectivity index (χ1) is 10.1. The number of rotatable bonds is 6. The molecule has 0 bridgehead atoms. The second-order valence-corrected chi connectivity index (χ2v) is 6.43. The van der Waals surface area contributed by atoms with Crippen LogP contribution in [0, 0.1) is 6.92 Å². The molecule has 4 heteroatoms. The molecule has 1 fully saturated rings. The standard InChI is InChI=1S/C17H31N3O/c1-5-7-18-11-17-14(2)10-16(21-17)13-20-9-6-8-19(4)12-15(20)3/h10,15,18H,5-9,11-13H2,1-4H3. The first-order valence-electron chi connectivity index (χ1n) is 8.31. The fourth-order valence-corrected chi connectivity index (χ4v) is 3.08. The smallest absolute Gasteiger partial charge is 0.120 e. The van der Waals surface area contributed by atoms with E-state index in [-0.39, 0.29) is 0 Å². The van der Waals surface area contributed by atoms with E-state index >= 15 is 0 Å². The number of likely N-dealkylation sites (N-methyl/N-ethyl adjacent to an activating group) is 1. The van der Waals surface area contributed by atoms with Crippen molar-refractivity contribution in [3.63, 3.8) is 0 Å². The molecule has 120 valence electrons. The normalized spacial score (nSPS) is 21.6. The molecule has 1 aromatic rings. The van der Waals surface area contributed by atoms with Crippen molar-refractivity contribution in [2.75, 3.05) is 33.2 Å². The van der Waals surface area contributed by atoms with Crippen LogP contribution in [0.3, 0.4) is 0 Å². The lowest BCUT2D eigenvalue weighted by molar-refractivity contribution is 0.180. The van der Waals surface area contributed by atoms with Crippen LogP contribution in [-0.2, 0) is 13.1 Å². The number of hydrogen-bond donors (Lipinski definition) is 1. The van der Waals surface area contributed by atoms with Crippen molar-refractivity contribution < 1.29 is 4.42 Å². The van der Waals surface area contributed by atoms with Gasteiger partial charge in [0.1, 0.15) is 11.5 Å². The van der Waals surface area contributed by atoms with Crippen molar-refractivity contribution in [2.24, 2.45) is 0 Å². The zero-order valence-electron chi connectivity index (χ0n) is 14.1. The summed E-state index contributed by atoms with van der Waals surface area (Å²) in [5.41, 5.74) is 1.27. The third-order valence-electron chi connectivity index (χ3n) is 4.33. The van der Waals surface area contributed by atoms with Gasteiger partial charge in [-0.05, 0) is 58.5 Å². The molecule has 0 aliphatic carbocycles. The number of nitrogens with zero attached hydrogens (tertiary/aromatic N) is 2. The van der Waals surface area contributed by atoms with Gasteiger partial charge in [-0.2, -0.15) is 0 Å². The monoisotopic (exact) mass is 293 g/mol. The van der Waals surface area contributed by atoms with Crippen LogP contribution in [0.4, 0.5) is 0 Å². The Morgan fingerprint density at radius 3 is 2.95 bits per heavy atom. The van der Waals surface area contributed by atoms with Crippen LogP contribution in [0.25, 0.3) is 0 Å². The maximum atomic E-state index is 6.06. The lowest BCUT2D eigenvalue weighted by Crippen LogP contribution is -2.37. The third-order valence-corrected chi connectivity index (χ3v) is 4.33. The zero-order chi connectivity index (χ0) is 15.2. The minimum atomic E-state index is 0.588. The average Bonchev–Trinajstić information content (AvgIpc) is 2.69. The van der Waals surface area contributed by atoms with Crippen molar-refractivity contribution in [3.8, 4) is 0 Å². The largest absolute Gasteiger partial charge is 0.463 e. The summed E-state index contributed by atoms with van der Waals surface area (Å²) in [4.78, 5) is 4.98. The Balaban J connectivity index is 1.94. The van der Waals surface area contributed by atoms with Gasteiger partial charge in [0.25, 0.3) is 0 Å². The van der Waals surface area contributed by atoms with Crippen LogP contribution in [0.15, 0.2) is 10.5 Å². The Labute approximate surface area is 129 Å². The molecule has 1 aliphatic rings. The average molecular weight is 293 g/mol. The van der Waals surface area contributed by atoms with Crippen molar-refractivity contribution >= 4 is 0 Å². The molecule has 2 rings (SSSR count). The second kappa shape index (κ2) is 7.97. The molecule has 2 heterocycles. The molecule has 1 aliphatic heterocycles. The topological polar surface area (TPSA) is 31.7 Å². The summed E-state index contributed by atoms with van der Waals surface area (Å²) in [6.45, 7) is 13.0. The predicted molar refractivity (Wildman–Crippen MR) is 87.4 cm³/mol. The number of hydrogen-bond acceptors (Lipinski definition) is 4. The van der Waals surface area contributed by atoms with E-state index in [2.05, 4.69) is 49.0 Å². The Morgan fingerprint density at radius 1 is 1.38 bits per heavy atom. The van der Waals surface area contributed by atoms with Crippen LogP contribution >= 0.6 is 0 Å². The highest BCUT2D eigenvalue weighted by molar-refractivity contribution is 5.20. The number of aryl methyl sites for hydroxylation is 1. The molecule has 0 amide bonds. The molecule has 1 saturated heterocycles. The Kier molecular flexibility index (Phi) is 6.27. The van der Waals surface area contributed by atoms with E-state index in [1.54, 1.807) is 0 Å². The minimum absolute atomic E-state index is 0.588. The Morgan fingerprint density at radius 2 is 2.19 bits per heavy atom. The molecule has 0 spiro atoms. The summed E-state index contributed by atoms with van der Waals surface area (Å²) in [6.07, 6.45) is 2.40. The van der Waals surface area contributed by atoms with E-state index in [1.807, 2.05) is 0 Å². The van der Waals surface area contributed by atoms with Crippen molar-refractivity contribution in [1.29, 1.82) is 0 Å². The molecule has 0 radical (unpaired) electrons. The molecule has 0 aromatic carbocycles. The predicted octanol–water partition coefficient (Wildman–Crippen LogP) is 2.61. The lowest BCUT2D eigenvalue weighted by Gasteiger charge is -2.26. The zero-order valence-corrected chi connectivity index (χ0v) is 14.1. The number of nitrogens with one attached hydrogen (secondary N) is 1. The lowest BCUT2D eigenvalue weighted by atomic mass is 10.2. The molecule has 1 atom stereocenters. The fourth-order valence-electron chi connectivity index (χ4n) is 3.08. The van der Waals surface area contributed by atoms with Gasteiger partial charge in [0.2, 0.25) is 0 Å². The summed E-state index contributed by atoms with van der Waals surface area (Å²) >= 11 is 0. The number of furan rings is 1. The molecule has 0 saturated carbocycles. The maximum Gasteiger partial charge on any atom is 0.120 e. The Hall–Kier alpha value is -0.840. The molecule has 21 heavy (non-hydrogen) atoms. The van der Waals surface area contributed by atoms with E-state index in [1.165, 1.54) is 18.5 Å². The van der Waals surface area contributed by atoms with Gasteiger partial charge in [-0.25, -0.2) is 0 Å². The van der Waals surface area contributed by atoms with E-state index in [9.17, 15) is 0 Å². The van der Waals surface area contributed by atoms with Gasteiger partial charge >= 0.3 is 0 Å². The summed E-state index contributed by atoms with van der Waals surface area (Å²) in [5, 5.41) is 3.42. The van der Waals surface area contributed by atoms with Crippen LogP contribution in [0.5, 0.6) is 0 Å². The van der Waals surface area contributed by atoms with Gasteiger partial charge in [-0.15, -0.1) is 0 Å². The van der Waals surface area contributed by atoms with E-state index in [4.69, 9.17) is 4.42 Å². The van der Waals surface area contributed by atoms with Crippen LogP contribution in [-0.4, -0.2) is 49.1 Å². The molecular formula is C17H31N3O. The van der Waals surface area contributed by atoms with Crippen LogP contribution in [0.2, 0.25) is 0 Å². The summed E-state index contributed by atoms with van der Waals surface area (Å²) in [5.74, 6) is 2.20. The van der Waals surface area contributed by atoms with Crippen LogP contribution in [0.1, 0.15) is 43.8 Å². The van der Waals surface area contributed by atoms with Gasteiger partial charge in [0.05, 0.1) is 13.1 Å². The van der Waals surface area contributed by atoms with Gasteiger partial charge in [-0.3, -0.25) is 4.90 Å². The van der Waals surface area contributed by atoms with E-state index < -0.39 is 0 Å². The highest BCUT2D eigenvalue weighted by atomic mass is 16.3. The first-order valence-corrected chi connectivity index (χ1v) is 8.31. The molecule has 1 aromatic heterocycles. The van der Waals surface area contributed by atoms with E-state index in [0.29, 0.717) is 6.04 Å². The minimum Gasteiger partial charge on any atom is -0.463 e. The van der Waals surface area contributed by atoms with Crippen molar-refractivity contribution in [1.82, 2.24) is 15.1 Å². The first kappa shape index (κ1) is 16.5. The third kappa shape index (κ3) is 4.83. The molecular weight excluding hydrogens is 262 g/mol. The van der Waals surface area contributed by atoms with Gasteiger partial charge < -0.3 is 14.6 Å². The maximum absolute atomic E-state index is 6.06. The van der Waals surface area contributed by atoms with Crippen LogP contribution < -0.4 is 5.32 Å². The Bertz CT molecular complexity index is 430. The SMILES string of the molecule is CCCNCc1oc(CN2CCCN(C)CC2C)cc1C. The fraction of sp³-hybridized carbons (Fsp3) is 0.765. The molecule has 1 unspecified atom stereocenters. The highest BCUT2D eigenvalue weighted by Gasteiger charge is 2.21. The van der Waals surface area contributed by atoms with Crippen molar-refractivity contribution in [3.05, 3.63) is 23.2 Å². The highest BCUT2D eigenvalue weighted by Crippen LogP contribution is 2.19. The van der Waals surface area contributed by atoms with Gasteiger partial charge in [0, 0.05) is 19.1 Å². The van der Waals surface area contributed by atoms with Gasteiger partial charge in [0.15, 0.2) is 0 Å².